The van der Waals surface area contributed by atoms with Crippen LogP contribution in [0.1, 0.15) is 4.88 Å². The van der Waals surface area contributed by atoms with Crippen LogP contribution in [0.15, 0.2) is 33.7 Å². The summed E-state index contributed by atoms with van der Waals surface area (Å²) in [6, 6.07) is 3.73. The predicted molar refractivity (Wildman–Crippen MR) is 51.8 cm³/mol. The van der Waals surface area contributed by atoms with Crippen molar-refractivity contribution in [3.8, 4) is 0 Å². The summed E-state index contributed by atoms with van der Waals surface area (Å²) < 4.78 is 0. The highest BCUT2D eigenvalue weighted by Gasteiger charge is 2.19. The van der Waals surface area contributed by atoms with Gasteiger partial charge in [-0.1, -0.05) is 11.2 Å². The van der Waals surface area contributed by atoms with Gasteiger partial charge >= 0.3 is 5.95 Å². The van der Waals surface area contributed by atoms with E-state index in [9.17, 15) is 0 Å². The minimum atomic E-state index is -0.551. The van der Waals surface area contributed by atoms with Crippen LogP contribution in [0.2, 0.25) is 0 Å². The van der Waals surface area contributed by atoms with E-state index in [1.807, 2.05) is 17.5 Å². The van der Waals surface area contributed by atoms with Crippen molar-refractivity contribution in [2.24, 2.45) is 5.16 Å². The lowest BCUT2D eigenvalue weighted by Crippen LogP contribution is -2.03. The van der Waals surface area contributed by atoms with E-state index in [1.165, 1.54) is 11.3 Å². The zero-order chi connectivity index (χ0) is 9.26. The molecule has 0 unspecified atom stereocenters. The van der Waals surface area contributed by atoms with Crippen LogP contribution in [-0.2, 0) is 4.84 Å². The average molecular weight is 215 g/mol. The first-order chi connectivity index (χ1) is 6.27. The van der Waals surface area contributed by atoms with Crippen molar-refractivity contribution in [2.75, 3.05) is 0 Å². The van der Waals surface area contributed by atoms with Crippen LogP contribution in [0.5, 0.6) is 0 Å². The Morgan fingerprint density at radius 2 is 2.23 bits per heavy atom. The standard InChI is InChI=1S/C7H5NO3S2/c9-6-7(10)13-5(8-11-6)4-2-1-3-12-4/h1-3,9-10H. The fraction of sp³-hybridized carbons (Fsp3) is 0. The first-order valence-electron chi connectivity index (χ1n) is 3.36. The Kier molecular flexibility index (Phi) is 2.15. The summed E-state index contributed by atoms with van der Waals surface area (Å²) in [6.45, 7) is 0. The van der Waals surface area contributed by atoms with Crippen molar-refractivity contribution in [3.05, 3.63) is 33.4 Å². The maximum atomic E-state index is 9.14. The molecule has 0 spiro atoms. The number of thiophene rings is 1. The van der Waals surface area contributed by atoms with Gasteiger partial charge in [-0.2, -0.15) is 0 Å². The fourth-order valence-corrected chi connectivity index (χ4v) is 2.19. The molecular formula is C7H5NO3S2. The molecule has 6 heteroatoms. The van der Waals surface area contributed by atoms with E-state index < -0.39 is 5.95 Å². The predicted octanol–water partition coefficient (Wildman–Crippen LogP) is 2.42. The zero-order valence-electron chi connectivity index (χ0n) is 6.30. The van der Waals surface area contributed by atoms with Crippen molar-refractivity contribution < 1.29 is 15.1 Å². The number of oxime groups is 1. The van der Waals surface area contributed by atoms with E-state index in [1.54, 1.807) is 0 Å². The monoisotopic (exact) mass is 215 g/mol. The van der Waals surface area contributed by atoms with Crippen molar-refractivity contribution in [1.82, 2.24) is 0 Å². The molecule has 1 aromatic rings. The van der Waals surface area contributed by atoms with Crippen molar-refractivity contribution in [3.63, 3.8) is 0 Å². The van der Waals surface area contributed by atoms with Gasteiger partial charge in [0.05, 0.1) is 4.88 Å². The van der Waals surface area contributed by atoms with Gasteiger partial charge in [-0.15, -0.1) is 11.3 Å². The van der Waals surface area contributed by atoms with Crippen LogP contribution < -0.4 is 0 Å². The van der Waals surface area contributed by atoms with E-state index in [0.717, 1.165) is 16.6 Å². The Morgan fingerprint density at radius 1 is 1.38 bits per heavy atom. The third kappa shape index (κ3) is 1.63. The van der Waals surface area contributed by atoms with Gasteiger partial charge in [0.1, 0.15) is 0 Å². The van der Waals surface area contributed by atoms with Crippen LogP contribution in [-0.4, -0.2) is 15.3 Å². The molecule has 0 aliphatic carbocycles. The second-order valence-corrected chi connectivity index (χ2v) is 4.10. The molecule has 0 saturated carbocycles. The van der Waals surface area contributed by atoms with Crippen molar-refractivity contribution in [1.29, 1.82) is 0 Å². The van der Waals surface area contributed by atoms with E-state index in [-0.39, 0.29) is 5.09 Å². The molecule has 13 heavy (non-hydrogen) atoms. The van der Waals surface area contributed by atoms with Crippen LogP contribution >= 0.6 is 23.1 Å². The molecule has 2 rings (SSSR count). The highest BCUT2D eigenvalue weighted by Crippen LogP contribution is 2.28. The van der Waals surface area contributed by atoms with Gasteiger partial charge in [0.15, 0.2) is 5.04 Å². The number of aliphatic hydroxyl groups excluding tert-OH is 2. The molecular weight excluding hydrogens is 210 g/mol. The Bertz CT molecular complexity index is 369. The topological polar surface area (TPSA) is 62.0 Å². The Balaban J connectivity index is 2.22. The minimum absolute atomic E-state index is 0.265. The van der Waals surface area contributed by atoms with Crippen molar-refractivity contribution in [2.45, 2.75) is 0 Å². The van der Waals surface area contributed by atoms with Crippen LogP contribution in [0.3, 0.4) is 0 Å². The van der Waals surface area contributed by atoms with Gasteiger partial charge in [-0.25, -0.2) is 0 Å². The lowest BCUT2D eigenvalue weighted by molar-refractivity contribution is 0.0845. The molecule has 0 radical (unpaired) electrons. The summed E-state index contributed by atoms with van der Waals surface area (Å²) in [4.78, 5) is 5.38. The first kappa shape index (κ1) is 8.46. The van der Waals surface area contributed by atoms with Gasteiger partial charge in [0.2, 0.25) is 5.09 Å². The maximum Gasteiger partial charge on any atom is 0.357 e. The Hall–Kier alpha value is -1.14. The molecule has 68 valence electrons. The third-order valence-electron chi connectivity index (χ3n) is 1.32. The first-order valence-corrected chi connectivity index (χ1v) is 5.06. The van der Waals surface area contributed by atoms with E-state index in [4.69, 9.17) is 10.2 Å². The molecule has 2 N–H and O–H groups in total. The molecule has 1 aliphatic rings. The SMILES string of the molecule is OC1=C(O)SC(c2cccs2)=NO1. The summed E-state index contributed by atoms with van der Waals surface area (Å²) in [5.74, 6) is -0.551. The summed E-state index contributed by atoms with van der Waals surface area (Å²) >= 11 is 2.46. The molecule has 1 aliphatic heterocycles. The third-order valence-corrected chi connectivity index (χ3v) is 3.18. The summed E-state index contributed by atoms with van der Waals surface area (Å²) in [5, 5.41) is 23.8. The maximum absolute atomic E-state index is 9.14. The number of rotatable bonds is 1. The molecule has 4 nitrogen and oxygen atoms in total. The number of nitrogens with zero attached hydrogens (tertiary/aromatic N) is 1. The second-order valence-electron chi connectivity index (χ2n) is 2.18. The largest absolute Gasteiger partial charge is 0.497 e. The van der Waals surface area contributed by atoms with Gasteiger partial charge < -0.3 is 15.1 Å². The summed E-state index contributed by atoms with van der Waals surface area (Å²) in [6.07, 6.45) is 0. The van der Waals surface area contributed by atoms with Gasteiger partial charge in [0, 0.05) is 0 Å². The Labute approximate surface area is 82.1 Å². The summed E-state index contributed by atoms with van der Waals surface area (Å²) in [7, 11) is 0. The summed E-state index contributed by atoms with van der Waals surface area (Å²) in [5.41, 5.74) is 0. The van der Waals surface area contributed by atoms with E-state index >= 15 is 0 Å². The van der Waals surface area contributed by atoms with Crippen LogP contribution in [0, 0.1) is 0 Å². The fourth-order valence-electron chi connectivity index (χ4n) is 0.773. The minimum Gasteiger partial charge on any atom is -0.497 e. The highest BCUT2D eigenvalue weighted by molar-refractivity contribution is 8.17. The van der Waals surface area contributed by atoms with Crippen molar-refractivity contribution >= 4 is 28.1 Å². The molecule has 0 saturated heterocycles. The second kappa shape index (κ2) is 3.31. The van der Waals surface area contributed by atoms with Crippen LogP contribution in [0.25, 0.3) is 0 Å². The molecule has 0 atom stereocenters. The molecule has 2 heterocycles. The number of aliphatic hydroxyl groups is 2. The van der Waals surface area contributed by atoms with E-state index in [0.29, 0.717) is 5.04 Å². The molecule has 0 fully saturated rings. The van der Waals surface area contributed by atoms with E-state index in [2.05, 4.69) is 9.99 Å². The molecule has 0 bridgehead atoms. The lowest BCUT2D eigenvalue weighted by Gasteiger charge is -2.08. The molecule has 0 amide bonds. The zero-order valence-corrected chi connectivity index (χ0v) is 7.93. The quantitative estimate of drug-likeness (QED) is 0.755. The lowest BCUT2D eigenvalue weighted by atomic mass is 10.5. The number of hydrogen-bond acceptors (Lipinski definition) is 6. The molecule has 1 aromatic heterocycles. The smallest absolute Gasteiger partial charge is 0.357 e. The van der Waals surface area contributed by atoms with Gasteiger partial charge in [-0.3, -0.25) is 0 Å². The normalized spacial score (nSPS) is 16.8. The number of hydrogen-bond donors (Lipinski definition) is 2. The molecule has 0 aromatic carbocycles. The van der Waals surface area contributed by atoms with Crippen LogP contribution in [0.4, 0.5) is 0 Å². The highest BCUT2D eigenvalue weighted by atomic mass is 32.2. The Morgan fingerprint density at radius 3 is 2.85 bits per heavy atom. The van der Waals surface area contributed by atoms with Gasteiger partial charge in [0.25, 0.3) is 0 Å². The van der Waals surface area contributed by atoms with Gasteiger partial charge in [-0.05, 0) is 23.2 Å². The average Bonchev–Trinajstić information content (AvgIpc) is 2.62. The number of thioether (sulfide) groups is 1.